The molecule has 0 N–H and O–H groups in total. The van der Waals surface area contributed by atoms with E-state index in [1.54, 1.807) is 0 Å². The summed E-state index contributed by atoms with van der Waals surface area (Å²) in [5.74, 6) is 1.85. The Morgan fingerprint density at radius 2 is 1.47 bits per heavy atom. The fraction of sp³-hybridized carbons (Fsp3) is 0.531. The minimum Gasteiger partial charge on any atom is -0.488 e. The van der Waals surface area contributed by atoms with Crippen LogP contribution in [0.1, 0.15) is 82.1 Å². The molecule has 196 valence electrons. The Hall–Kier alpha value is -2.75. The fourth-order valence-corrected chi connectivity index (χ4v) is 5.10. The number of para-hydroxylation sites is 1. The van der Waals surface area contributed by atoms with Crippen molar-refractivity contribution in [1.82, 2.24) is 0 Å². The van der Waals surface area contributed by atoms with Gasteiger partial charge in [-0.25, -0.2) is 0 Å². The average molecular weight is 493 g/mol. The number of hydrogen-bond donors (Lipinski definition) is 0. The first-order valence-corrected chi connectivity index (χ1v) is 13.0. The molecule has 0 bridgehead atoms. The molecular weight excluding hydrogens is 448 g/mol. The van der Waals surface area contributed by atoms with Crippen molar-refractivity contribution in [3.63, 3.8) is 0 Å². The number of benzene rings is 2. The number of rotatable bonds is 9. The average Bonchev–Trinajstić information content (AvgIpc) is 3.15. The number of furan rings is 1. The van der Waals surface area contributed by atoms with Crippen LogP contribution < -0.4 is 4.74 Å². The summed E-state index contributed by atoms with van der Waals surface area (Å²) in [7, 11) is 0. The van der Waals surface area contributed by atoms with E-state index in [1.165, 1.54) is 0 Å². The second-order valence-electron chi connectivity index (χ2n) is 13.0. The summed E-state index contributed by atoms with van der Waals surface area (Å²) in [6.07, 6.45) is 1.34. The second-order valence-corrected chi connectivity index (χ2v) is 13.0. The molecule has 1 unspecified atom stereocenters. The summed E-state index contributed by atoms with van der Waals surface area (Å²) in [6, 6.07) is 18.0. The molecular formula is C32H44O4. The molecule has 0 saturated heterocycles. The van der Waals surface area contributed by atoms with E-state index < -0.39 is 16.6 Å². The topological polar surface area (TPSA) is 48.7 Å². The van der Waals surface area contributed by atoms with Gasteiger partial charge in [-0.05, 0) is 88.8 Å². The number of hydrogen-bond acceptors (Lipinski definition) is 4. The highest BCUT2D eigenvalue weighted by Crippen LogP contribution is 2.45. The van der Waals surface area contributed by atoms with Crippen molar-refractivity contribution in [2.45, 2.75) is 93.3 Å². The summed E-state index contributed by atoms with van der Waals surface area (Å²) in [4.78, 5) is 13.5. The zero-order chi connectivity index (χ0) is 26.9. The van der Waals surface area contributed by atoms with E-state index in [2.05, 4.69) is 40.7 Å². The van der Waals surface area contributed by atoms with Crippen LogP contribution >= 0.6 is 0 Å². The van der Waals surface area contributed by atoms with Crippen molar-refractivity contribution in [3.8, 4) is 17.1 Å². The Balaban J connectivity index is 1.69. The first kappa shape index (κ1) is 27.8. The summed E-state index contributed by atoms with van der Waals surface area (Å²) in [5, 5.41) is 1.08. The predicted molar refractivity (Wildman–Crippen MR) is 148 cm³/mol. The molecule has 4 nitrogen and oxygen atoms in total. The normalized spacial score (nSPS) is 14.6. The number of ether oxygens (including phenoxy) is 2. The number of carbonyl (C=O) groups excluding carboxylic acids is 1. The smallest absolute Gasteiger partial charge is 0.312 e. The van der Waals surface area contributed by atoms with E-state index in [4.69, 9.17) is 13.9 Å². The van der Waals surface area contributed by atoms with Gasteiger partial charge in [0.05, 0.1) is 5.41 Å². The van der Waals surface area contributed by atoms with E-state index >= 15 is 0 Å². The number of fused-ring (bicyclic) bond motifs is 1. The Kier molecular flexibility index (Phi) is 7.70. The summed E-state index contributed by atoms with van der Waals surface area (Å²) in [6.45, 7) is 20.7. The molecule has 0 aliphatic carbocycles. The van der Waals surface area contributed by atoms with Crippen molar-refractivity contribution in [2.75, 3.05) is 0 Å². The highest BCUT2D eigenvalue weighted by molar-refractivity contribution is 5.82. The highest BCUT2D eigenvalue weighted by atomic mass is 16.6. The lowest BCUT2D eigenvalue weighted by molar-refractivity contribution is -0.180. The van der Waals surface area contributed by atoms with Gasteiger partial charge >= 0.3 is 5.97 Å². The summed E-state index contributed by atoms with van der Waals surface area (Å²) < 4.78 is 18.5. The molecule has 1 heterocycles. The molecule has 0 amide bonds. The van der Waals surface area contributed by atoms with Crippen LogP contribution in [0.25, 0.3) is 22.3 Å². The standard InChI is InChI=1S/C32H44O4/c1-22(2)20-32(10,29(3,4)5)28(33)36-31(8,9)21-30(6,7)35-25-17-15-23(16-18-25)27-19-24-13-11-12-14-26(24)34-27/h11-19,22H,20-21H2,1-10H3. The monoisotopic (exact) mass is 492 g/mol. The third-order valence-electron chi connectivity index (χ3n) is 7.10. The largest absolute Gasteiger partial charge is 0.488 e. The van der Waals surface area contributed by atoms with Gasteiger partial charge in [0.15, 0.2) is 0 Å². The van der Waals surface area contributed by atoms with E-state index in [0.717, 1.165) is 34.5 Å². The van der Waals surface area contributed by atoms with Gasteiger partial charge in [-0.1, -0.05) is 52.8 Å². The third-order valence-corrected chi connectivity index (χ3v) is 7.10. The molecule has 3 aromatic rings. The lowest BCUT2D eigenvalue weighted by Gasteiger charge is -2.44. The van der Waals surface area contributed by atoms with Crippen molar-refractivity contribution in [2.24, 2.45) is 16.7 Å². The van der Waals surface area contributed by atoms with Crippen molar-refractivity contribution < 1.29 is 18.7 Å². The third kappa shape index (κ3) is 6.52. The van der Waals surface area contributed by atoms with E-state index in [0.29, 0.717) is 12.3 Å². The van der Waals surface area contributed by atoms with Crippen molar-refractivity contribution >= 4 is 16.9 Å². The Morgan fingerprint density at radius 3 is 2.03 bits per heavy atom. The Morgan fingerprint density at radius 1 is 0.861 bits per heavy atom. The van der Waals surface area contributed by atoms with Crippen LogP contribution in [0.15, 0.2) is 59.0 Å². The van der Waals surface area contributed by atoms with E-state index in [1.807, 2.05) is 83.1 Å². The summed E-state index contributed by atoms with van der Waals surface area (Å²) >= 11 is 0. The molecule has 0 radical (unpaired) electrons. The Bertz CT molecular complexity index is 1140. The van der Waals surface area contributed by atoms with Gasteiger partial charge in [0.2, 0.25) is 0 Å². The van der Waals surface area contributed by atoms with Gasteiger partial charge in [-0.15, -0.1) is 0 Å². The molecule has 1 atom stereocenters. The molecule has 2 aromatic carbocycles. The van der Waals surface area contributed by atoms with Gasteiger partial charge in [-0.3, -0.25) is 4.79 Å². The first-order chi connectivity index (χ1) is 16.5. The highest BCUT2D eigenvalue weighted by Gasteiger charge is 2.48. The van der Waals surface area contributed by atoms with Crippen LogP contribution in [0.4, 0.5) is 0 Å². The van der Waals surface area contributed by atoms with Gasteiger partial charge in [0.1, 0.15) is 28.3 Å². The van der Waals surface area contributed by atoms with Gasteiger partial charge in [-0.2, -0.15) is 0 Å². The Labute approximate surface area is 217 Å². The molecule has 3 rings (SSSR count). The van der Waals surface area contributed by atoms with Crippen LogP contribution in [-0.4, -0.2) is 17.2 Å². The van der Waals surface area contributed by atoms with Crippen molar-refractivity contribution in [3.05, 3.63) is 54.6 Å². The van der Waals surface area contributed by atoms with Gasteiger partial charge in [0.25, 0.3) is 0 Å². The fourth-order valence-electron chi connectivity index (χ4n) is 5.10. The zero-order valence-electron chi connectivity index (χ0n) is 23.8. The molecule has 0 spiro atoms. The molecule has 36 heavy (non-hydrogen) atoms. The minimum absolute atomic E-state index is 0.139. The van der Waals surface area contributed by atoms with Crippen LogP contribution in [0.3, 0.4) is 0 Å². The maximum absolute atomic E-state index is 13.5. The first-order valence-electron chi connectivity index (χ1n) is 13.0. The second kappa shape index (κ2) is 9.95. The van der Waals surface area contributed by atoms with E-state index in [9.17, 15) is 4.79 Å². The van der Waals surface area contributed by atoms with Gasteiger partial charge < -0.3 is 13.9 Å². The lowest BCUT2D eigenvalue weighted by atomic mass is 9.64. The zero-order valence-corrected chi connectivity index (χ0v) is 23.8. The number of esters is 1. The van der Waals surface area contributed by atoms with Crippen LogP contribution in [0.5, 0.6) is 5.75 Å². The molecule has 1 aromatic heterocycles. The maximum atomic E-state index is 13.5. The molecule has 4 heteroatoms. The van der Waals surface area contributed by atoms with Crippen LogP contribution in [0, 0.1) is 16.7 Å². The maximum Gasteiger partial charge on any atom is 0.312 e. The van der Waals surface area contributed by atoms with Crippen LogP contribution in [0.2, 0.25) is 0 Å². The number of carbonyl (C=O) groups is 1. The molecule has 0 saturated carbocycles. The molecule has 0 aliphatic heterocycles. The van der Waals surface area contributed by atoms with Crippen LogP contribution in [-0.2, 0) is 9.53 Å². The van der Waals surface area contributed by atoms with Gasteiger partial charge in [0, 0.05) is 17.4 Å². The molecule has 0 fully saturated rings. The minimum atomic E-state index is -0.682. The van der Waals surface area contributed by atoms with E-state index in [-0.39, 0.29) is 11.4 Å². The van der Waals surface area contributed by atoms with Crippen molar-refractivity contribution in [1.29, 1.82) is 0 Å². The lowest BCUT2D eigenvalue weighted by Crippen LogP contribution is -2.48. The quantitative estimate of drug-likeness (QED) is 0.280. The predicted octanol–water partition coefficient (Wildman–Crippen LogP) is 9.07. The summed E-state index contributed by atoms with van der Waals surface area (Å²) in [5.41, 5.74) is -0.133. The molecule has 0 aliphatic rings. The SMILES string of the molecule is CC(C)CC(C)(C(=O)OC(C)(C)CC(C)(C)Oc1ccc(-c2cc3ccccc3o2)cc1)C(C)(C)C.